The average molecular weight is 434 g/mol. The van der Waals surface area contributed by atoms with Crippen LogP contribution >= 0.6 is 11.8 Å². The number of amides is 1. The molecule has 1 N–H and O–H groups in total. The van der Waals surface area contributed by atoms with E-state index in [-0.39, 0.29) is 11.7 Å². The highest BCUT2D eigenvalue weighted by Gasteiger charge is 2.11. The zero-order chi connectivity index (χ0) is 21.5. The molecule has 1 aromatic heterocycles. The fourth-order valence-corrected chi connectivity index (χ4v) is 3.78. The Morgan fingerprint density at radius 1 is 0.871 bits per heavy atom. The van der Waals surface area contributed by atoms with E-state index in [4.69, 9.17) is 4.42 Å². The number of carbonyl (C=O) groups excluding carboxylic acids is 1. The van der Waals surface area contributed by atoms with Crippen molar-refractivity contribution in [3.05, 3.63) is 95.8 Å². The van der Waals surface area contributed by atoms with Crippen LogP contribution in [-0.2, 0) is 5.75 Å². The van der Waals surface area contributed by atoms with Crippen LogP contribution < -0.4 is 5.32 Å². The molecule has 0 aliphatic heterocycles. The highest BCUT2D eigenvalue weighted by atomic mass is 32.2. The summed E-state index contributed by atoms with van der Waals surface area (Å²) in [5.41, 5.74) is 2.81. The Hall–Kier alpha value is -3.45. The predicted molar refractivity (Wildman–Crippen MR) is 120 cm³/mol. The van der Waals surface area contributed by atoms with E-state index in [0.717, 1.165) is 11.1 Å². The molecule has 0 radical (unpaired) electrons. The van der Waals surface area contributed by atoms with E-state index in [1.165, 1.54) is 6.07 Å². The third kappa shape index (κ3) is 5.38. The molecule has 156 valence electrons. The van der Waals surface area contributed by atoms with Crippen molar-refractivity contribution < 1.29 is 13.6 Å². The van der Waals surface area contributed by atoms with Crippen LogP contribution in [0.1, 0.15) is 15.9 Å². The maximum atomic E-state index is 13.6. The second kappa shape index (κ2) is 10.0. The van der Waals surface area contributed by atoms with Gasteiger partial charge in [-0.15, -0.1) is 10.2 Å². The molecule has 1 amide bonds. The highest BCUT2D eigenvalue weighted by Crippen LogP contribution is 2.24. The minimum absolute atomic E-state index is 0.159. The number of carbonyl (C=O) groups is 1. The molecule has 0 saturated heterocycles. The lowest BCUT2D eigenvalue weighted by atomic mass is 10.1. The predicted octanol–water partition coefficient (Wildman–Crippen LogP) is 5.21. The second-order valence-corrected chi connectivity index (χ2v) is 7.86. The van der Waals surface area contributed by atoms with Gasteiger partial charge in [-0.2, -0.15) is 11.8 Å². The highest BCUT2D eigenvalue weighted by molar-refractivity contribution is 7.98. The Kier molecular flexibility index (Phi) is 6.74. The third-order valence-electron chi connectivity index (χ3n) is 4.59. The van der Waals surface area contributed by atoms with Gasteiger partial charge in [-0.1, -0.05) is 36.4 Å². The maximum absolute atomic E-state index is 13.6. The number of aromatic nitrogens is 2. The van der Waals surface area contributed by atoms with Crippen LogP contribution in [0.15, 0.2) is 83.3 Å². The number of halogens is 1. The van der Waals surface area contributed by atoms with E-state index < -0.39 is 0 Å². The van der Waals surface area contributed by atoms with E-state index in [1.807, 2.05) is 36.4 Å². The second-order valence-electron chi connectivity index (χ2n) is 6.76. The first kappa shape index (κ1) is 20.8. The van der Waals surface area contributed by atoms with E-state index in [2.05, 4.69) is 15.5 Å². The summed E-state index contributed by atoms with van der Waals surface area (Å²) in [6.45, 7) is 0.504. The van der Waals surface area contributed by atoms with Crippen molar-refractivity contribution in [2.24, 2.45) is 0 Å². The van der Waals surface area contributed by atoms with Gasteiger partial charge in [-0.3, -0.25) is 4.79 Å². The van der Waals surface area contributed by atoms with Gasteiger partial charge in [0, 0.05) is 34.7 Å². The lowest BCUT2D eigenvalue weighted by Crippen LogP contribution is -2.25. The van der Waals surface area contributed by atoms with Gasteiger partial charge in [-0.25, -0.2) is 4.39 Å². The van der Waals surface area contributed by atoms with Crippen LogP contribution in [0, 0.1) is 5.82 Å². The fourth-order valence-electron chi connectivity index (χ4n) is 2.94. The smallest absolute Gasteiger partial charge is 0.251 e. The summed E-state index contributed by atoms with van der Waals surface area (Å²) in [6, 6.07) is 23.3. The number of hydrogen-bond acceptors (Lipinski definition) is 5. The SMILES string of the molecule is O=C(NCCSCc1ccccc1F)c1ccc(-c2nnc(-c3ccccc3)o2)cc1. The molecule has 0 spiro atoms. The van der Waals surface area contributed by atoms with Gasteiger partial charge in [-0.05, 0) is 48.0 Å². The Morgan fingerprint density at radius 2 is 1.52 bits per heavy atom. The molecular formula is C24H20FN3O2S. The monoisotopic (exact) mass is 433 g/mol. The molecule has 4 aromatic rings. The van der Waals surface area contributed by atoms with E-state index in [0.29, 0.717) is 41.0 Å². The standard InChI is InChI=1S/C24H20FN3O2S/c25-21-9-5-4-8-20(21)16-31-15-14-26-22(29)17-10-12-19(13-11-17)24-28-27-23(30-24)18-6-2-1-3-7-18/h1-13H,14-16H2,(H,26,29). The summed E-state index contributed by atoms with van der Waals surface area (Å²) in [5.74, 6) is 1.76. The Bertz CT molecular complexity index is 1150. The van der Waals surface area contributed by atoms with Gasteiger partial charge in [0.2, 0.25) is 11.8 Å². The summed E-state index contributed by atoms with van der Waals surface area (Å²) in [7, 11) is 0. The van der Waals surface area contributed by atoms with Gasteiger partial charge in [0.25, 0.3) is 5.91 Å². The largest absolute Gasteiger partial charge is 0.416 e. The van der Waals surface area contributed by atoms with Crippen molar-refractivity contribution in [2.75, 3.05) is 12.3 Å². The molecule has 4 rings (SSSR count). The van der Waals surface area contributed by atoms with Crippen molar-refractivity contribution in [2.45, 2.75) is 5.75 Å². The summed E-state index contributed by atoms with van der Waals surface area (Å²) in [5, 5.41) is 11.1. The van der Waals surface area contributed by atoms with E-state index >= 15 is 0 Å². The van der Waals surface area contributed by atoms with Gasteiger partial charge in [0.1, 0.15) is 5.82 Å². The molecule has 3 aromatic carbocycles. The fraction of sp³-hybridized carbons (Fsp3) is 0.125. The van der Waals surface area contributed by atoms with Gasteiger partial charge >= 0.3 is 0 Å². The topological polar surface area (TPSA) is 68.0 Å². The van der Waals surface area contributed by atoms with Gasteiger partial charge in [0.05, 0.1) is 0 Å². The van der Waals surface area contributed by atoms with Gasteiger partial charge < -0.3 is 9.73 Å². The molecule has 0 bridgehead atoms. The van der Waals surface area contributed by atoms with Crippen molar-refractivity contribution in [3.63, 3.8) is 0 Å². The van der Waals surface area contributed by atoms with Gasteiger partial charge in [0.15, 0.2) is 0 Å². The number of rotatable bonds is 8. The molecule has 0 fully saturated rings. The van der Waals surface area contributed by atoms with Crippen LogP contribution in [0.4, 0.5) is 4.39 Å². The molecule has 5 nitrogen and oxygen atoms in total. The third-order valence-corrected chi connectivity index (χ3v) is 5.60. The Labute approximate surface area is 183 Å². The number of benzene rings is 3. The maximum Gasteiger partial charge on any atom is 0.251 e. The first-order valence-corrected chi connectivity index (χ1v) is 10.9. The van der Waals surface area contributed by atoms with Crippen LogP contribution in [0.2, 0.25) is 0 Å². The molecule has 1 heterocycles. The normalized spacial score (nSPS) is 10.7. The quantitative estimate of drug-likeness (QED) is 0.387. The number of hydrogen-bond donors (Lipinski definition) is 1. The zero-order valence-corrected chi connectivity index (χ0v) is 17.4. The summed E-state index contributed by atoms with van der Waals surface area (Å²) in [4.78, 5) is 12.3. The molecule has 0 aliphatic rings. The van der Waals surface area contributed by atoms with Crippen LogP contribution in [0.5, 0.6) is 0 Å². The van der Waals surface area contributed by atoms with E-state index in [1.54, 1.807) is 48.2 Å². The Morgan fingerprint density at radius 3 is 2.23 bits per heavy atom. The van der Waals surface area contributed by atoms with Crippen LogP contribution in [0.3, 0.4) is 0 Å². The molecule has 0 atom stereocenters. The molecule has 0 aliphatic carbocycles. The van der Waals surface area contributed by atoms with Crippen molar-refractivity contribution in [3.8, 4) is 22.9 Å². The van der Waals surface area contributed by atoms with Crippen molar-refractivity contribution in [1.29, 1.82) is 0 Å². The first-order valence-electron chi connectivity index (χ1n) is 9.79. The summed E-state index contributed by atoms with van der Waals surface area (Å²) < 4.78 is 19.3. The molecule has 0 saturated carbocycles. The number of nitrogens with zero attached hydrogens (tertiary/aromatic N) is 2. The van der Waals surface area contributed by atoms with Crippen LogP contribution in [-0.4, -0.2) is 28.4 Å². The zero-order valence-electron chi connectivity index (χ0n) is 16.6. The van der Waals surface area contributed by atoms with E-state index in [9.17, 15) is 9.18 Å². The lowest BCUT2D eigenvalue weighted by molar-refractivity contribution is 0.0956. The summed E-state index contributed by atoms with van der Waals surface area (Å²) in [6.07, 6.45) is 0. The average Bonchev–Trinajstić information content (AvgIpc) is 3.31. The number of nitrogens with one attached hydrogen (secondary N) is 1. The Balaban J connectivity index is 1.27. The van der Waals surface area contributed by atoms with Crippen molar-refractivity contribution in [1.82, 2.24) is 15.5 Å². The minimum Gasteiger partial charge on any atom is -0.416 e. The first-order chi connectivity index (χ1) is 15.2. The molecule has 0 unspecified atom stereocenters. The van der Waals surface area contributed by atoms with Crippen molar-refractivity contribution >= 4 is 17.7 Å². The molecular weight excluding hydrogens is 413 g/mol. The summed E-state index contributed by atoms with van der Waals surface area (Å²) >= 11 is 1.58. The molecule has 31 heavy (non-hydrogen) atoms. The number of thioether (sulfide) groups is 1. The lowest BCUT2D eigenvalue weighted by Gasteiger charge is -2.06. The minimum atomic E-state index is -0.198. The molecule has 7 heteroatoms. The van der Waals surface area contributed by atoms with Crippen LogP contribution in [0.25, 0.3) is 22.9 Å².